The van der Waals surface area contributed by atoms with Gasteiger partial charge in [0.25, 0.3) is 0 Å². The van der Waals surface area contributed by atoms with E-state index in [1.165, 1.54) is 12.1 Å². The van der Waals surface area contributed by atoms with Gasteiger partial charge in [0.1, 0.15) is 11.6 Å². The van der Waals surface area contributed by atoms with Gasteiger partial charge in [0.2, 0.25) is 5.89 Å². The van der Waals surface area contributed by atoms with Gasteiger partial charge in [-0.15, -0.1) is 0 Å². The quantitative estimate of drug-likeness (QED) is 0.884. The van der Waals surface area contributed by atoms with Gasteiger partial charge in [-0.25, -0.2) is 8.78 Å². The maximum Gasteiger partial charge on any atom is 0.243 e. The average molecular weight is 281 g/mol. The Kier molecular flexibility index (Phi) is 4.79. The Morgan fingerprint density at radius 2 is 2.15 bits per heavy atom. The lowest BCUT2D eigenvalue weighted by atomic mass is 10.1. The van der Waals surface area contributed by atoms with Gasteiger partial charge in [0, 0.05) is 12.5 Å². The first kappa shape index (κ1) is 14.6. The minimum atomic E-state index is -0.603. The fourth-order valence-electron chi connectivity index (χ4n) is 1.80. The molecule has 0 amide bonds. The van der Waals surface area contributed by atoms with E-state index in [-0.39, 0.29) is 12.5 Å². The van der Waals surface area contributed by atoms with E-state index < -0.39 is 11.6 Å². The number of nitrogens with zero attached hydrogens (tertiary/aromatic N) is 2. The van der Waals surface area contributed by atoms with Crippen molar-refractivity contribution < 1.29 is 13.3 Å². The number of rotatable bonds is 6. The van der Waals surface area contributed by atoms with Crippen LogP contribution in [0.15, 0.2) is 22.7 Å². The molecule has 0 aliphatic rings. The summed E-state index contributed by atoms with van der Waals surface area (Å²) in [5.41, 5.74) is 0.341. The Morgan fingerprint density at radius 3 is 2.85 bits per heavy atom. The third-order valence-corrected chi connectivity index (χ3v) is 2.92. The molecule has 1 atom stereocenters. The van der Waals surface area contributed by atoms with Crippen molar-refractivity contribution in [3.63, 3.8) is 0 Å². The number of benzene rings is 1. The SMILES string of the molecule is CCCNC(C)c1nc(Cc2ccc(F)cc2F)no1. The average Bonchev–Trinajstić information content (AvgIpc) is 2.88. The smallest absolute Gasteiger partial charge is 0.243 e. The third-order valence-electron chi connectivity index (χ3n) is 2.92. The minimum absolute atomic E-state index is 0.0470. The van der Waals surface area contributed by atoms with Crippen LogP contribution in [-0.2, 0) is 6.42 Å². The first-order chi connectivity index (χ1) is 9.60. The molecule has 0 aliphatic carbocycles. The highest BCUT2D eigenvalue weighted by molar-refractivity contribution is 5.21. The van der Waals surface area contributed by atoms with Crippen LogP contribution in [-0.4, -0.2) is 16.7 Å². The Hall–Kier alpha value is -1.82. The molecule has 20 heavy (non-hydrogen) atoms. The number of nitrogens with one attached hydrogen (secondary N) is 1. The molecule has 4 nitrogen and oxygen atoms in total. The second-order valence-corrected chi connectivity index (χ2v) is 4.64. The summed E-state index contributed by atoms with van der Waals surface area (Å²) in [5, 5.41) is 7.04. The van der Waals surface area contributed by atoms with Crippen molar-refractivity contribution in [1.82, 2.24) is 15.5 Å². The summed E-state index contributed by atoms with van der Waals surface area (Å²) in [4.78, 5) is 4.22. The molecule has 0 radical (unpaired) electrons. The van der Waals surface area contributed by atoms with Crippen LogP contribution in [0, 0.1) is 11.6 Å². The normalized spacial score (nSPS) is 12.6. The second kappa shape index (κ2) is 6.56. The number of hydrogen-bond donors (Lipinski definition) is 1. The number of aromatic nitrogens is 2. The molecular formula is C14H17F2N3O. The van der Waals surface area contributed by atoms with Gasteiger partial charge < -0.3 is 9.84 Å². The predicted molar refractivity (Wildman–Crippen MR) is 70.2 cm³/mol. The van der Waals surface area contributed by atoms with Crippen molar-refractivity contribution >= 4 is 0 Å². The fourth-order valence-corrected chi connectivity index (χ4v) is 1.80. The van der Waals surface area contributed by atoms with E-state index in [0.29, 0.717) is 17.3 Å². The van der Waals surface area contributed by atoms with Gasteiger partial charge >= 0.3 is 0 Å². The molecule has 0 saturated heterocycles. The molecule has 0 fully saturated rings. The zero-order chi connectivity index (χ0) is 14.5. The van der Waals surface area contributed by atoms with Crippen LogP contribution in [0.1, 0.15) is 43.6 Å². The Balaban J connectivity index is 2.05. The third kappa shape index (κ3) is 3.60. The molecular weight excluding hydrogens is 264 g/mol. The van der Waals surface area contributed by atoms with E-state index in [4.69, 9.17) is 4.52 Å². The van der Waals surface area contributed by atoms with Gasteiger partial charge in [0.15, 0.2) is 5.82 Å². The van der Waals surface area contributed by atoms with Crippen LogP contribution in [0.3, 0.4) is 0 Å². The monoisotopic (exact) mass is 281 g/mol. The topological polar surface area (TPSA) is 51.0 Å². The Labute approximate surface area is 116 Å². The van der Waals surface area contributed by atoms with Gasteiger partial charge in [-0.2, -0.15) is 4.98 Å². The molecule has 2 aromatic rings. The molecule has 6 heteroatoms. The second-order valence-electron chi connectivity index (χ2n) is 4.64. The summed E-state index contributed by atoms with van der Waals surface area (Å²) in [6.07, 6.45) is 1.18. The van der Waals surface area contributed by atoms with E-state index >= 15 is 0 Å². The van der Waals surface area contributed by atoms with E-state index in [9.17, 15) is 8.78 Å². The minimum Gasteiger partial charge on any atom is -0.338 e. The zero-order valence-electron chi connectivity index (χ0n) is 11.5. The molecule has 0 bridgehead atoms. The van der Waals surface area contributed by atoms with E-state index in [1.807, 2.05) is 6.92 Å². The van der Waals surface area contributed by atoms with Gasteiger partial charge in [-0.3, -0.25) is 0 Å². The summed E-state index contributed by atoms with van der Waals surface area (Å²) in [6.45, 7) is 4.84. The van der Waals surface area contributed by atoms with Crippen LogP contribution < -0.4 is 5.32 Å². The summed E-state index contributed by atoms with van der Waals surface area (Å²) in [7, 11) is 0. The van der Waals surface area contributed by atoms with Gasteiger partial charge in [0.05, 0.1) is 6.04 Å². The molecule has 1 aromatic heterocycles. The van der Waals surface area contributed by atoms with Crippen molar-refractivity contribution in [2.45, 2.75) is 32.7 Å². The highest BCUT2D eigenvalue weighted by Gasteiger charge is 2.15. The largest absolute Gasteiger partial charge is 0.338 e. The van der Waals surface area contributed by atoms with Crippen molar-refractivity contribution in [2.75, 3.05) is 6.54 Å². The van der Waals surface area contributed by atoms with Gasteiger partial charge in [-0.1, -0.05) is 18.1 Å². The molecule has 108 valence electrons. The van der Waals surface area contributed by atoms with Crippen LogP contribution in [0.2, 0.25) is 0 Å². The molecule has 0 aliphatic heterocycles. The lowest BCUT2D eigenvalue weighted by Crippen LogP contribution is -2.19. The maximum absolute atomic E-state index is 13.5. The van der Waals surface area contributed by atoms with Crippen molar-refractivity contribution in [3.05, 3.63) is 47.1 Å². The van der Waals surface area contributed by atoms with Crippen molar-refractivity contribution in [1.29, 1.82) is 0 Å². The first-order valence-electron chi connectivity index (χ1n) is 6.60. The predicted octanol–water partition coefficient (Wildman–Crippen LogP) is 3.00. The van der Waals surface area contributed by atoms with Crippen molar-refractivity contribution in [2.24, 2.45) is 0 Å². The lowest BCUT2D eigenvalue weighted by Gasteiger charge is -2.06. The maximum atomic E-state index is 13.5. The van der Waals surface area contributed by atoms with Crippen LogP contribution in [0.4, 0.5) is 8.78 Å². The van der Waals surface area contributed by atoms with E-state index in [1.54, 1.807) is 0 Å². The standard InChI is InChI=1S/C14H17F2N3O/c1-3-6-17-9(2)14-18-13(19-20-14)7-10-4-5-11(15)8-12(10)16/h4-5,8-9,17H,3,6-7H2,1-2H3. The first-order valence-corrected chi connectivity index (χ1v) is 6.60. The van der Waals surface area contributed by atoms with Crippen LogP contribution in [0.5, 0.6) is 0 Å². The molecule has 0 spiro atoms. The molecule has 1 N–H and O–H groups in total. The Bertz CT molecular complexity index is 571. The number of hydrogen-bond acceptors (Lipinski definition) is 4. The molecule has 1 heterocycles. The summed E-state index contributed by atoms with van der Waals surface area (Å²) in [5.74, 6) is -0.349. The van der Waals surface area contributed by atoms with E-state index in [2.05, 4.69) is 22.4 Å². The summed E-state index contributed by atoms with van der Waals surface area (Å²) < 4.78 is 31.5. The molecule has 2 rings (SSSR count). The highest BCUT2D eigenvalue weighted by Crippen LogP contribution is 2.15. The molecule has 1 unspecified atom stereocenters. The Morgan fingerprint density at radius 1 is 1.35 bits per heavy atom. The number of halogens is 2. The summed E-state index contributed by atoms with van der Waals surface area (Å²) >= 11 is 0. The highest BCUT2D eigenvalue weighted by atomic mass is 19.1. The van der Waals surface area contributed by atoms with Crippen LogP contribution in [0.25, 0.3) is 0 Å². The van der Waals surface area contributed by atoms with Gasteiger partial charge in [-0.05, 0) is 31.5 Å². The van der Waals surface area contributed by atoms with Crippen molar-refractivity contribution in [3.8, 4) is 0 Å². The molecule has 0 saturated carbocycles. The van der Waals surface area contributed by atoms with E-state index in [0.717, 1.165) is 19.0 Å². The zero-order valence-corrected chi connectivity index (χ0v) is 11.5. The molecule has 1 aromatic carbocycles. The van der Waals surface area contributed by atoms with Crippen LogP contribution >= 0.6 is 0 Å². The fraction of sp³-hybridized carbons (Fsp3) is 0.429. The summed E-state index contributed by atoms with van der Waals surface area (Å²) in [6, 6.07) is 3.40. The lowest BCUT2D eigenvalue weighted by molar-refractivity contribution is 0.337.